The van der Waals surface area contributed by atoms with Crippen molar-refractivity contribution >= 4 is 74.4 Å². The van der Waals surface area contributed by atoms with E-state index < -0.39 is 144 Å². The summed E-state index contributed by atoms with van der Waals surface area (Å²) in [5.41, 5.74) is 1.83. The summed E-state index contributed by atoms with van der Waals surface area (Å²) in [7, 11) is 0. The van der Waals surface area contributed by atoms with Crippen molar-refractivity contribution < 1.29 is 142 Å². The molecule has 495 valence electrons. The zero-order valence-electron chi connectivity index (χ0n) is 47.7. The van der Waals surface area contributed by atoms with Crippen LogP contribution >= 0.6 is 0 Å². The molecule has 0 atom stereocenters. The Hall–Kier alpha value is -9.59. The van der Waals surface area contributed by atoms with Crippen molar-refractivity contribution in [3.8, 4) is 44.5 Å². The van der Waals surface area contributed by atoms with Crippen LogP contribution < -0.4 is 59.1 Å². The third-order valence-corrected chi connectivity index (χ3v) is 15.7. The number of hydrogen-bond donors (Lipinski definition) is 2. The van der Waals surface area contributed by atoms with Gasteiger partial charge in [-0.05, 0) is 70.8 Å². The maximum Gasteiger partial charge on any atom is 3.00 e. The summed E-state index contributed by atoms with van der Waals surface area (Å²) >= 11 is 0. The summed E-state index contributed by atoms with van der Waals surface area (Å²) < 4.78 is 294. The molecule has 13 rings (SSSR count). The van der Waals surface area contributed by atoms with Crippen LogP contribution in [-0.2, 0) is 17.1 Å². The van der Waals surface area contributed by atoms with Crippen molar-refractivity contribution in [1.82, 2.24) is 19.9 Å². The molecular formula is C68H30BCl3F20FeN4-. The van der Waals surface area contributed by atoms with Crippen molar-refractivity contribution in [2.45, 2.75) is 0 Å². The molecule has 5 heterocycles. The summed E-state index contributed by atoms with van der Waals surface area (Å²) in [5.74, 6) is -71.4. The quantitative estimate of drug-likeness (QED) is 0.0699. The van der Waals surface area contributed by atoms with Crippen molar-refractivity contribution in [2.24, 2.45) is 0 Å². The first-order valence-electron chi connectivity index (χ1n) is 27.1. The molecular weight excluding hydrogens is 1430 g/mol. The largest absolute Gasteiger partial charge is 3.00 e. The molecule has 0 fully saturated rings. The monoisotopic (exact) mass is 1450 g/mol. The number of fused-ring (bicyclic) bond motifs is 8. The van der Waals surface area contributed by atoms with Gasteiger partial charge in [-0.2, -0.15) is 0 Å². The molecule has 8 aromatic carbocycles. The van der Waals surface area contributed by atoms with Crippen LogP contribution in [0.5, 0.6) is 0 Å². The molecule has 8 bridgehead atoms. The molecule has 0 amide bonds. The standard InChI is InChI=1S/C44H30N4.C24BF20.3ClH.Fe/c1-5-13-29(14-6-1)41-33-21-23-35(45-33)42(30-15-7-2-8-16-30)37-25-27-39(47-37)44(32-19-11-4-12-20-32)40-28-26-38(48-40)43(31-17-9-3-10-18-31)36-24-22-34(41)46-36;26-5-1(6(27)14(35)21(42)13(5)34)25(2-7(28)15(36)22(43)16(37)8(2)29,3-9(30)17(38)23(44)18(39)10(3)31)4-11(32)19(40)24(45)20(41)12(4)33;;;;/h1-28,45,48H;;3*1H;/q;-1;;;;+3/p-3. The summed E-state index contributed by atoms with van der Waals surface area (Å²) in [5, 5.41) is 0. The summed E-state index contributed by atoms with van der Waals surface area (Å²) in [6.45, 7) is 0. The molecule has 0 aliphatic carbocycles. The van der Waals surface area contributed by atoms with Crippen LogP contribution in [0.4, 0.5) is 87.8 Å². The smallest absolute Gasteiger partial charge is 1.00 e. The molecule has 0 spiro atoms. The van der Waals surface area contributed by atoms with Gasteiger partial charge in [-0.1, -0.05) is 121 Å². The number of nitrogens with zero attached hydrogens (tertiary/aromatic N) is 2. The molecule has 97 heavy (non-hydrogen) atoms. The van der Waals surface area contributed by atoms with Crippen molar-refractivity contribution in [1.29, 1.82) is 0 Å². The molecule has 1 radical (unpaired) electrons. The minimum atomic E-state index is -7.22. The van der Waals surface area contributed by atoms with E-state index in [4.69, 9.17) is 9.97 Å². The molecule has 0 unspecified atom stereocenters. The van der Waals surface area contributed by atoms with E-state index >= 15 is 35.1 Å². The van der Waals surface area contributed by atoms with E-state index in [2.05, 4.69) is 156 Å². The summed E-state index contributed by atoms with van der Waals surface area (Å²) in [4.78, 5) is 18.3. The van der Waals surface area contributed by atoms with Gasteiger partial charge in [0.25, 0.3) is 0 Å². The second-order valence-electron chi connectivity index (χ2n) is 20.8. The number of benzene rings is 8. The Morgan fingerprint density at radius 3 is 0.536 bits per heavy atom. The third kappa shape index (κ3) is 12.0. The number of rotatable bonds is 8. The van der Waals surface area contributed by atoms with Gasteiger partial charge in [0.05, 0.1) is 22.8 Å². The van der Waals surface area contributed by atoms with Gasteiger partial charge in [0.15, 0.2) is 69.8 Å². The molecule has 2 N–H and O–H groups in total. The number of H-pyrrole nitrogens is 2. The number of aromatic amines is 2. The third-order valence-electron chi connectivity index (χ3n) is 15.7. The molecule has 2 aliphatic rings. The Bertz CT molecular complexity index is 4440. The van der Waals surface area contributed by atoms with E-state index in [1.807, 2.05) is 24.3 Å². The van der Waals surface area contributed by atoms with Gasteiger partial charge in [0, 0.05) is 44.3 Å². The van der Waals surface area contributed by atoms with Crippen molar-refractivity contribution in [2.75, 3.05) is 0 Å². The molecule has 3 aromatic heterocycles. The Morgan fingerprint density at radius 1 is 0.216 bits per heavy atom. The number of hydrogen-bond acceptors (Lipinski definition) is 2. The van der Waals surface area contributed by atoms with Gasteiger partial charge >= 0.3 is 17.1 Å². The zero-order chi connectivity index (χ0) is 66.2. The number of aromatic nitrogens is 4. The average Bonchev–Trinajstić information content (AvgIpc) is 1.19. The first kappa shape index (κ1) is 73.2. The minimum Gasteiger partial charge on any atom is -1.00 e. The topological polar surface area (TPSA) is 57.4 Å². The minimum absolute atomic E-state index is 0. The van der Waals surface area contributed by atoms with E-state index in [0.29, 0.717) is 0 Å². The maximum atomic E-state index is 15.4. The maximum absolute atomic E-state index is 15.4. The van der Waals surface area contributed by atoms with Gasteiger partial charge in [0.1, 0.15) is 52.7 Å². The van der Waals surface area contributed by atoms with E-state index in [-0.39, 0.29) is 54.3 Å². The molecule has 2 aliphatic heterocycles. The SMILES string of the molecule is C1=Cc2nc1c(-c1ccccc1)c1ccc([nH]1)c(-c1ccccc1)c1nc(c(-c3ccccc3)c3ccc([nH]3)c2-c2ccccc2)C=C1.Fc1c(F)c(F)c([B-](c2c(F)c(F)c(F)c(F)c2F)(c2c(F)c(F)c(F)c(F)c2F)c2c(F)c(F)c(F)c(F)c2F)c(F)c1F.[Cl-].[Cl-].[Cl-].[Fe+3]. The normalized spacial score (nSPS) is 11.5. The molecule has 11 aromatic rings. The molecule has 0 saturated carbocycles. The van der Waals surface area contributed by atoms with Crippen LogP contribution in [0.15, 0.2) is 146 Å². The van der Waals surface area contributed by atoms with Gasteiger partial charge in [-0.15, -0.1) is 21.9 Å². The van der Waals surface area contributed by atoms with Crippen LogP contribution in [0.2, 0.25) is 0 Å². The van der Waals surface area contributed by atoms with E-state index in [1.54, 1.807) is 0 Å². The van der Waals surface area contributed by atoms with Crippen LogP contribution in [0.3, 0.4) is 0 Å². The predicted octanol–water partition coefficient (Wildman–Crippen LogP) is 8.18. The van der Waals surface area contributed by atoms with Crippen LogP contribution in [-0.4, -0.2) is 26.1 Å². The Labute approximate surface area is 562 Å². The van der Waals surface area contributed by atoms with Gasteiger partial charge in [0.2, 0.25) is 0 Å². The number of halogens is 23. The fourth-order valence-corrected chi connectivity index (χ4v) is 11.7. The average molecular weight is 1460 g/mol. The number of nitrogens with one attached hydrogen (secondary N) is 2. The molecule has 0 saturated heterocycles. The van der Waals surface area contributed by atoms with Crippen molar-refractivity contribution in [3.05, 3.63) is 285 Å². The summed E-state index contributed by atoms with van der Waals surface area (Å²) in [6, 6.07) is 50.7. The summed E-state index contributed by atoms with van der Waals surface area (Å²) in [6.07, 6.45) is 1.33. The van der Waals surface area contributed by atoms with E-state index in [1.165, 1.54) is 0 Å². The Balaban J connectivity index is 0.000000239. The van der Waals surface area contributed by atoms with Gasteiger partial charge in [-0.3, -0.25) is 0 Å². The van der Waals surface area contributed by atoms with E-state index in [9.17, 15) is 52.7 Å². The zero-order valence-corrected chi connectivity index (χ0v) is 51.1. The fraction of sp³-hybridized carbons (Fsp3) is 0. The second-order valence-corrected chi connectivity index (χ2v) is 20.8. The van der Waals surface area contributed by atoms with E-state index in [0.717, 1.165) is 89.4 Å². The Morgan fingerprint density at radius 2 is 0.371 bits per heavy atom. The molecule has 4 nitrogen and oxygen atoms in total. The van der Waals surface area contributed by atoms with Gasteiger partial charge < -0.3 is 47.2 Å². The first-order chi connectivity index (χ1) is 44.5. The van der Waals surface area contributed by atoms with Crippen LogP contribution in [0, 0.1) is 116 Å². The van der Waals surface area contributed by atoms with Crippen LogP contribution in [0.1, 0.15) is 22.8 Å². The second kappa shape index (κ2) is 28.6. The van der Waals surface area contributed by atoms with Gasteiger partial charge in [-0.25, -0.2) is 97.8 Å². The predicted molar refractivity (Wildman–Crippen MR) is 310 cm³/mol. The molecule has 29 heteroatoms. The van der Waals surface area contributed by atoms with Crippen LogP contribution in [0.25, 0.3) is 90.9 Å². The Kier molecular flexibility index (Phi) is 21.6. The first-order valence-corrected chi connectivity index (χ1v) is 27.1. The van der Waals surface area contributed by atoms with Crippen molar-refractivity contribution in [3.63, 3.8) is 0 Å². The fourth-order valence-electron chi connectivity index (χ4n) is 11.7.